The van der Waals surface area contributed by atoms with Crippen molar-refractivity contribution >= 4 is 0 Å². The van der Waals surface area contributed by atoms with Gasteiger partial charge in [0.05, 0.1) is 0 Å². The first kappa shape index (κ1) is 15.5. The zero-order chi connectivity index (χ0) is 14.2. The molecule has 1 aromatic rings. The molecule has 1 N–H and O–H groups in total. The zero-order valence-corrected chi connectivity index (χ0v) is 13.1. The Hall–Kier alpha value is -0.860. The lowest BCUT2D eigenvalue weighted by Crippen LogP contribution is -2.34. The normalized spacial score (nSPS) is 21.1. The maximum atomic E-state index is 3.54. The number of piperidine rings is 1. The molecule has 0 spiro atoms. The van der Waals surface area contributed by atoms with E-state index in [0.29, 0.717) is 0 Å². The molecule has 0 amide bonds. The Morgan fingerprint density at radius 1 is 1.25 bits per heavy atom. The maximum absolute atomic E-state index is 3.54. The topological polar surface area (TPSA) is 15.3 Å². The van der Waals surface area contributed by atoms with Crippen LogP contribution in [0.4, 0.5) is 0 Å². The molecule has 20 heavy (non-hydrogen) atoms. The van der Waals surface area contributed by atoms with Gasteiger partial charge in [-0.05, 0) is 69.8 Å². The molecule has 1 fully saturated rings. The van der Waals surface area contributed by atoms with Gasteiger partial charge in [-0.2, -0.15) is 0 Å². The predicted octanol–water partition coefficient (Wildman–Crippen LogP) is 3.19. The van der Waals surface area contributed by atoms with Gasteiger partial charge in [-0.25, -0.2) is 0 Å². The second-order valence-electron chi connectivity index (χ2n) is 6.41. The lowest BCUT2D eigenvalue weighted by Gasteiger charge is -2.29. The maximum Gasteiger partial charge on any atom is 0.00188 e. The van der Waals surface area contributed by atoms with Crippen LogP contribution in [0.5, 0.6) is 0 Å². The van der Waals surface area contributed by atoms with E-state index in [1.54, 1.807) is 0 Å². The van der Waals surface area contributed by atoms with Crippen LogP contribution in [-0.4, -0.2) is 38.1 Å². The molecule has 1 aliphatic heterocycles. The summed E-state index contributed by atoms with van der Waals surface area (Å²) < 4.78 is 0. The highest BCUT2D eigenvalue weighted by atomic mass is 15.1. The van der Waals surface area contributed by atoms with Crippen molar-refractivity contribution in [3.8, 4) is 0 Å². The third kappa shape index (κ3) is 5.26. The van der Waals surface area contributed by atoms with E-state index < -0.39 is 0 Å². The van der Waals surface area contributed by atoms with Crippen LogP contribution in [0, 0.1) is 11.8 Å². The number of hydrogen-bond donors (Lipinski definition) is 1. The van der Waals surface area contributed by atoms with Gasteiger partial charge >= 0.3 is 0 Å². The fraction of sp³-hybridized carbons (Fsp3) is 0.667. The van der Waals surface area contributed by atoms with Crippen LogP contribution in [0.1, 0.15) is 31.7 Å². The molecular weight excluding hydrogens is 244 g/mol. The highest BCUT2D eigenvalue weighted by Gasteiger charge is 2.19. The third-order valence-corrected chi connectivity index (χ3v) is 4.73. The monoisotopic (exact) mass is 274 g/mol. The van der Waals surface area contributed by atoms with Crippen molar-refractivity contribution in [3.63, 3.8) is 0 Å². The summed E-state index contributed by atoms with van der Waals surface area (Å²) in [5.74, 6) is 1.74. The number of benzene rings is 1. The fourth-order valence-electron chi connectivity index (χ4n) is 3.10. The molecule has 0 aromatic heterocycles. The van der Waals surface area contributed by atoms with E-state index in [0.717, 1.165) is 18.3 Å². The van der Waals surface area contributed by atoms with Crippen LogP contribution in [-0.2, 0) is 6.42 Å². The van der Waals surface area contributed by atoms with Crippen LogP contribution in [0.3, 0.4) is 0 Å². The number of likely N-dealkylation sites (N-methyl/N-ethyl adjacent to an activating group) is 1. The minimum absolute atomic E-state index is 0.849. The van der Waals surface area contributed by atoms with E-state index in [9.17, 15) is 0 Å². The summed E-state index contributed by atoms with van der Waals surface area (Å²) in [4.78, 5) is 2.49. The van der Waals surface area contributed by atoms with Crippen LogP contribution in [0.15, 0.2) is 30.3 Å². The average Bonchev–Trinajstić information content (AvgIpc) is 2.52. The summed E-state index contributed by atoms with van der Waals surface area (Å²) >= 11 is 0. The van der Waals surface area contributed by atoms with Crippen molar-refractivity contribution in [1.82, 2.24) is 10.2 Å². The Morgan fingerprint density at radius 2 is 2.05 bits per heavy atom. The molecule has 1 heterocycles. The molecule has 1 aromatic carbocycles. The van der Waals surface area contributed by atoms with Gasteiger partial charge < -0.3 is 10.2 Å². The van der Waals surface area contributed by atoms with E-state index >= 15 is 0 Å². The second-order valence-corrected chi connectivity index (χ2v) is 6.41. The van der Waals surface area contributed by atoms with Crippen molar-refractivity contribution < 1.29 is 0 Å². The van der Waals surface area contributed by atoms with E-state index in [4.69, 9.17) is 0 Å². The zero-order valence-electron chi connectivity index (χ0n) is 13.1. The van der Waals surface area contributed by atoms with Crippen LogP contribution >= 0.6 is 0 Å². The van der Waals surface area contributed by atoms with Gasteiger partial charge in [0, 0.05) is 6.54 Å². The molecule has 2 rings (SSSR count). The van der Waals surface area contributed by atoms with Gasteiger partial charge in [0.15, 0.2) is 0 Å². The molecule has 2 nitrogen and oxygen atoms in total. The molecule has 0 saturated carbocycles. The number of hydrogen-bond acceptors (Lipinski definition) is 2. The van der Waals surface area contributed by atoms with Gasteiger partial charge in [-0.1, -0.05) is 37.3 Å². The molecule has 2 unspecified atom stereocenters. The van der Waals surface area contributed by atoms with Crippen LogP contribution in [0.25, 0.3) is 0 Å². The van der Waals surface area contributed by atoms with Gasteiger partial charge in [0.2, 0.25) is 0 Å². The molecule has 2 atom stereocenters. The summed E-state index contributed by atoms with van der Waals surface area (Å²) in [6.45, 7) is 7.28. The molecule has 112 valence electrons. The van der Waals surface area contributed by atoms with Gasteiger partial charge in [-0.3, -0.25) is 0 Å². The first-order valence-corrected chi connectivity index (χ1v) is 8.19. The van der Waals surface area contributed by atoms with Crippen LogP contribution in [0.2, 0.25) is 0 Å². The van der Waals surface area contributed by atoms with Crippen molar-refractivity contribution in [3.05, 3.63) is 35.9 Å². The van der Waals surface area contributed by atoms with Gasteiger partial charge in [0.25, 0.3) is 0 Å². The number of nitrogens with zero attached hydrogens (tertiary/aromatic N) is 1. The first-order valence-electron chi connectivity index (χ1n) is 8.19. The molecule has 0 radical (unpaired) electrons. The Bertz CT molecular complexity index is 357. The standard InChI is InChI=1S/C18H30N2/c1-16(18-9-6-12-19-15-18)10-13-20(2)14-11-17-7-4-3-5-8-17/h3-5,7-8,16,18-19H,6,9-15H2,1-2H3. The Labute approximate surface area is 124 Å². The Kier molecular flexibility index (Phi) is 6.55. The summed E-state index contributed by atoms with van der Waals surface area (Å²) in [6.07, 6.45) is 5.27. The van der Waals surface area contributed by atoms with Gasteiger partial charge in [-0.15, -0.1) is 0 Å². The molecule has 1 aliphatic rings. The average molecular weight is 274 g/mol. The van der Waals surface area contributed by atoms with Crippen LogP contribution < -0.4 is 5.32 Å². The molecule has 2 heteroatoms. The Balaban J connectivity index is 1.63. The van der Waals surface area contributed by atoms with Crippen molar-refractivity contribution in [2.24, 2.45) is 11.8 Å². The van der Waals surface area contributed by atoms with E-state index in [-0.39, 0.29) is 0 Å². The minimum Gasteiger partial charge on any atom is -0.316 e. The van der Waals surface area contributed by atoms with Crippen molar-refractivity contribution in [2.45, 2.75) is 32.6 Å². The smallest absolute Gasteiger partial charge is 0.00188 e. The van der Waals surface area contributed by atoms with Crippen molar-refractivity contribution in [1.29, 1.82) is 0 Å². The molecule has 0 aliphatic carbocycles. The van der Waals surface area contributed by atoms with E-state index in [2.05, 4.69) is 54.5 Å². The lowest BCUT2D eigenvalue weighted by atomic mass is 9.85. The number of nitrogens with one attached hydrogen (secondary N) is 1. The third-order valence-electron chi connectivity index (χ3n) is 4.73. The summed E-state index contributed by atoms with van der Waals surface area (Å²) in [7, 11) is 2.26. The minimum atomic E-state index is 0.849. The highest BCUT2D eigenvalue weighted by Crippen LogP contribution is 2.22. The second kappa shape index (κ2) is 8.43. The van der Waals surface area contributed by atoms with Gasteiger partial charge in [0.1, 0.15) is 0 Å². The molecule has 0 bridgehead atoms. The number of rotatable bonds is 7. The quantitative estimate of drug-likeness (QED) is 0.821. The summed E-state index contributed by atoms with van der Waals surface area (Å²) in [5.41, 5.74) is 1.45. The highest BCUT2D eigenvalue weighted by molar-refractivity contribution is 5.14. The molecular formula is C18H30N2. The summed E-state index contributed by atoms with van der Waals surface area (Å²) in [6, 6.07) is 10.8. The van der Waals surface area contributed by atoms with E-state index in [1.165, 1.54) is 51.0 Å². The fourth-order valence-corrected chi connectivity index (χ4v) is 3.10. The van der Waals surface area contributed by atoms with E-state index in [1.807, 2.05) is 0 Å². The largest absolute Gasteiger partial charge is 0.316 e. The first-order chi connectivity index (χ1) is 9.75. The predicted molar refractivity (Wildman–Crippen MR) is 87.0 cm³/mol. The summed E-state index contributed by atoms with van der Waals surface area (Å²) in [5, 5.41) is 3.54. The Morgan fingerprint density at radius 3 is 2.75 bits per heavy atom. The van der Waals surface area contributed by atoms with Crippen molar-refractivity contribution in [2.75, 3.05) is 33.2 Å². The SMILES string of the molecule is CC(CCN(C)CCc1ccccc1)C1CCCNC1. The lowest BCUT2D eigenvalue weighted by molar-refractivity contribution is 0.233. The molecule has 1 saturated heterocycles.